The highest BCUT2D eigenvalue weighted by Gasteiger charge is 2.09. The van der Waals surface area contributed by atoms with Crippen molar-refractivity contribution in [1.29, 1.82) is 0 Å². The number of aromatic hydroxyl groups is 1. The van der Waals surface area contributed by atoms with Crippen molar-refractivity contribution >= 4 is 5.82 Å². The SMILES string of the molecule is Cc1nc(-c2ccncc2)nc(NCCc2ccccc2O)c1C. The second-order valence-corrected chi connectivity index (χ2v) is 5.65. The summed E-state index contributed by atoms with van der Waals surface area (Å²) in [5, 5.41) is 13.2. The summed E-state index contributed by atoms with van der Waals surface area (Å²) >= 11 is 0. The van der Waals surface area contributed by atoms with Crippen molar-refractivity contribution in [2.75, 3.05) is 11.9 Å². The maximum atomic E-state index is 9.84. The summed E-state index contributed by atoms with van der Waals surface area (Å²) in [5.74, 6) is 1.84. The van der Waals surface area contributed by atoms with E-state index in [2.05, 4.69) is 20.3 Å². The summed E-state index contributed by atoms with van der Waals surface area (Å²) in [6, 6.07) is 11.2. The van der Waals surface area contributed by atoms with Crippen LogP contribution in [0.3, 0.4) is 0 Å². The first-order valence-corrected chi connectivity index (χ1v) is 7.91. The molecule has 24 heavy (non-hydrogen) atoms. The van der Waals surface area contributed by atoms with Crippen molar-refractivity contribution in [3.8, 4) is 17.1 Å². The Balaban J connectivity index is 1.78. The fourth-order valence-electron chi connectivity index (χ4n) is 2.47. The van der Waals surface area contributed by atoms with E-state index in [1.165, 1.54) is 0 Å². The third kappa shape index (κ3) is 3.51. The van der Waals surface area contributed by atoms with Crippen molar-refractivity contribution < 1.29 is 5.11 Å². The highest BCUT2D eigenvalue weighted by molar-refractivity contribution is 5.59. The summed E-state index contributed by atoms with van der Waals surface area (Å²) in [6.07, 6.45) is 4.19. The monoisotopic (exact) mass is 320 g/mol. The van der Waals surface area contributed by atoms with Gasteiger partial charge in [-0.15, -0.1) is 0 Å². The molecule has 0 aliphatic heterocycles. The fourth-order valence-corrected chi connectivity index (χ4v) is 2.47. The lowest BCUT2D eigenvalue weighted by Crippen LogP contribution is -2.10. The van der Waals surface area contributed by atoms with Crippen molar-refractivity contribution in [3.05, 3.63) is 65.6 Å². The second kappa shape index (κ2) is 7.08. The number of benzene rings is 1. The Morgan fingerprint density at radius 3 is 2.50 bits per heavy atom. The Bertz CT molecular complexity index is 834. The highest BCUT2D eigenvalue weighted by atomic mass is 16.3. The minimum absolute atomic E-state index is 0.326. The molecule has 0 aliphatic carbocycles. The molecule has 1 aromatic carbocycles. The predicted octanol–water partition coefficient (Wildman–Crippen LogP) is 3.52. The second-order valence-electron chi connectivity index (χ2n) is 5.65. The van der Waals surface area contributed by atoms with Crippen LogP contribution >= 0.6 is 0 Å². The average Bonchev–Trinajstić information content (AvgIpc) is 2.61. The molecule has 0 aliphatic rings. The van der Waals surface area contributed by atoms with Gasteiger partial charge in [-0.3, -0.25) is 4.98 Å². The minimum atomic E-state index is 0.326. The largest absolute Gasteiger partial charge is 0.508 e. The summed E-state index contributed by atoms with van der Waals surface area (Å²) in [4.78, 5) is 13.2. The Hall–Kier alpha value is -2.95. The minimum Gasteiger partial charge on any atom is -0.508 e. The quantitative estimate of drug-likeness (QED) is 0.752. The van der Waals surface area contributed by atoms with E-state index in [0.29, 0.717) is 18.1 Å². The number of rotatable bonds is 5. The van der Waals surface area contributed by atoms with E-state index in [4.69, 9.17) is 0 Å². The van der Waals surface area contributed by atoms with Crippen LogP contribution in [0, 0.1) is 13.8 Å². The number of nitrogens with one attached hydrogen (secondary N) is 1. The molecule has 0 radical (unpaired) electrons. The Kier molecular flexibility index (Phi) is 4.70. The van der Waals surface area contributed by atoms with Gasteiger partial charge >= 0.3 is 0 Å². The van der Waals surface area contributed by atoms with Crippen LogP contribution in [0.4, 0.5) is 5.82 Å². The Morgan fingerprint density at radius 2 is 1.75 bits per heavy atom. The zero-order valence-corrected chi connectivity index (χ0v) is 13.8. The van der Waals surface area contributed by atoms with E-state index < -0.39 is 0 Å². The van der Waals surface area contributed by atoms with Gasteiger partial charge in [0.2, 0.25) is 0 Å². The number of hydrogen-bond acceptors (Lipinski definition) is 5. The lowest BCUT2D eigenvalue weighted by atomic mass is 10.1. The Labute approximate surface area is 141 Å². The molecule has 0 spiro atoms. The summed E-state index contributed by atoms with van der Waals surface area (Å²) in [6.45, 7) is 4.68. The molecule has 0 fully saturated rings. The predicted molar refractivity (Wildman–Crippen MR) is 95.0 cm³/mol. The number of pyridine rings is 1. The number of para-hydroxylation sites is 1. The lowest BCUT2D eigenvalue weighted by molar-refractivity contribution is 0.468. The van der Waals surface area contributed by atoms with Gasteiger partial charge in [0.05, 0.1) is 0 Å². The molecule has 5 nitrogen and oxygen atoms in total. The molecule has 0 atom stereocenters. The van der Waals surface area contributed by atoms with E-state index in [1.54, 1.807) is 18.5 Å². The molecule has 5 heteroatoms. The van der Waals surface area contributed by atoms with Crippen LogP contribution in [0.15, 0.2) is 48.8 Å². The molecule has 0 saturated carbocycles. The third-order valence-electron chi connectivity index (χ3n) is 4.01. The average molecular weight is 320 g/mol. The van der Waals surface area contributed by atoms with Gasteiger partial charge in [0.15, 0.2) is 5.82 Å². The normalized spacial score (nSPS) is 10.6. The van der Waals surface area contributed by atoms with E-state index in [0.717, 1.165) is 34.6 Å². The van der Waals surface area contributed by atoms with Gasteiger partial charge in [-0.2, -0.15) is 0 Å². The fraction of sp³-hybridized carbons (Fsp3) is 0.211. The van der Waals surface area contributed by atoms with E-state index >= 15 is 0 Å². The van der Waals surface area contributed by atoms with E-state index in [9.17, 15) is 5.11 Å². The molecular formula is C19H20N4O. The standard InChI is InChI=1S/C19H20N4O/c1-13-14(2)22-19(16-7-10-20-11-8-16)23-18(13)21-12-9-15-5-3-4-6-17(15)24/h3-8,10-11,24H,9,12H2,1-2H3,(H,21,22,23). The van der Waals surface area contributed by atoms with Crippen molar-refractivity contribution in [3.63, 3.8) is 0 Å². The first kappa shape index (κ1) is 15.9. The molecule has 0 bridgehead atoms. The summed E-state index contributed by atoms with van der Waals surface area (Å²) in [7, 11) is 0. The van der Waals surface area contributed by atoms with E-state index in [1.807, 2.05) is 44.2 Å². The molecule has 0 unspecified atom stereocenters. The molecule has 0 amide bonds. The third-order valence-corrected chi connectivity index (χ3v) is 4.01. The zero-order chi connectivity index (χ0) is 16.9. The van der Waals surface area contributed by atoms with Crippen LogP contribution in [0.5, 0.6) is 5.75 Å². The van der Waals surface area contributed by atoms with Gasteiger partial charge in [-0.1, -0.05) is 18.2 Å². The number of aryl methyl sites for hydroxylation is 1. The van der Waals surface area contributed by atoms with Crippen LogP contribution in [0.25, 0.3) is 11.4 Å². The number of anilines is 1. The molecule has 2 aromatic heterocycles. The molecule has 0 saturated heterocycles. The van der Waals surface area contributed by atoms with Crippen LogP contribution in [0.2, 0.25) is 0 Å². The van der Waals surface area contributed by atoms with E-state index in [-0.39, 0.29) is 0 Å². The molecule has 3 rings (SSSR count). The topological polar surface area (TPSA) is 70.9 Å². The van der Waals surface area contributed by atoms with Crippen LogP contribution in [-0.2, 0) is 6.42 Å². The summed E-state index contributed by atoms with van der Waals surface area (Å²) < 4.78 is 0. The highest BCUT2D eigenvalue weighted by Crippen LogP contribution is 2.22. The number of hydrogen-bond donors (Lipinski definition) is 2. The number of phenols is 1. The smallest absolute Gasteiger partial charge is 0.161 e. The molecule has 2 N–H and O–H groups in total. The zero-order valence-electron chi connectivity index (χ0n) is 13.8. The number of aromatic nitrogens is 3. The molecule has 122 valence electrons. The number of nitrogens with zero attached hydrogens (tertiary/aromatic N) is 3. The molecule has 3 aromatic rings. The van der Waals surface area contributed by atoms with Crippen LogP contribution in [-0.4, -0.2) is 26.6 Å². The van der Waals surface area contributed by atoms with Gasteiger partial charge in [-0.25, -0.2) is 9.97 Å². The van der Waals surface area contributed by atoms with Crippen molar-refractivity contribution in [2.45, 2.75) is 20.3 Å². The van der Waals surface area contributed by atoms with Crippen LogP contribution in [0.1, 0.15) is 16.8 Å². The Morgan fingerprint density at radius 1 is 1.00 bits per heavy atom. The van der Waals surface area contributed by atoms with Gasteiger partial charge in [-0.05, 0) is 44.0 Å². The first-order valence-electron chi connectivity index (χ1n) is 7.91. The van der Waals surface area contributed by atoms with Gasteiger partial charge in [0.25, 0.3) is 0 Å². The van der Waals surface area contributed by atoms with Gasteiger partial charge in [0, 0.05) is 35.8 Å². The maximum Gasteiger partial charge on any atom is 0.161 e. The van der Waals surface area contributed by atoms with Crippen molar-refractivity contribution in [1.82, 2.24) is 15.0 Å². The lowest BCUT2D eigenvalue weighted by Gasteiger charge is -2.13. The summed E-state index contributed by atoms with van der Waals surface area (Å²) in [5.41, 5.74) is 3.84. The van der Waals surface area contributed by atoms with Crippen LogP contribution < -0.4 is 5.32 Å². The molecule has 2 heterocycles. The number of phenolic OH excluding ortho intramolecular Hbond substituents is 1. The first-order chi connectivity index (χ1) is 11.6. The van der Waals surface area contributed by atoms with Crippen molar-refractivity contribution in [2.24, 2.45) is 0 Å². The van der Waals surface area contributed by atoms with Gasteiger partial charge < -0.3 is 10.4 Å². The van der Waals surface area contributed by atoms with Gasteiger partial charge in [0.1, 0.15) is 11.6 Å². The maximum absolute atomic E-state index is 9.84. The molecular weight excluding hydrogens is 300 g/mol.